The van der Waals surface area contributed by atoms with Crippen LogP contribution in [0.4, 0.5) is 13.2 Å². The van der Waals surface area contributed by atoms with Crippen LogP contribution in [0.1, 0.15) is 294 Å². The summed E-state index contributed by atoms with van der Waals surface area (Å²) in [5.74, 6) is -0.509. The van der Waals surface area contributed by atoms with E-state index in [0.29, 0.717) is 85.8 Å². The highest BCUT2D eigenvalue weighted by molar-refractivity contribution is 6.02. The number of amides is 5. The zero-order chi connectivity index (χ0) is 89.4. The van der Waals surface area contributed by atoms with E-state index in [4.69, 9.17) is 43.7 Å². The Labute approximate surface area is 756 Å². The summed E-state index contributed by atoms with van der Waals surface area (Å²) in [6, 6.07) is 13.7. The van der Waals surface area contributed by atoms with E-state index in [0.717, 1.165) is 246 Å². The Hall–Kier alpha value is -11.0. The summed E-state index contributed by atoms with van der Waals surface area (Å²) < 4.78 is 62.1. The summed E-state index contributed by atoms with van der Waals surface area (Å²) in [7, 11) is 3.16. The minimum Gasteiger partial charge on any atom is -0.481 e. The van der Waals surface area contributed by atoms with Crippen molar-refractivity contribution in [2.45, 2.75) is 285 Å². The number of piperidine rings is 3. The van der Waals surface area contributed by atoms with Gasteiger partial charge < -0.3 is 49.3 Å². The van der Waals surface area contributed by atoms with Crippen LogP contribution in [0.3, 0.4) is 0 Å². The summed E-state index contributed by atoms with van der Waals surface area (Å²) in [4.78, 5) is 146. The molecule has 708 valence electrons. The number of aromatic nitrogens is 9. The van der Waals surface area contributed by atoms with E-state index in [2.05, 4.69) is 41.2 Å². The molecule has 130 heavy (non-hydrogen) atoms. The van der Waals surface area contributed by atoms with Crippen molar-refractivity contribution in [2.75, 3.05) is 73.0 Å². The zero-order valence-electron chi connectivity index (χ0n) is 72.5. The third-order valence-electron chi connectivity index (χ3n) is 26.1. The lowest BCUT2D eigenvalue weighted by atomic mass is 9.91. The monoisotopic (exact) mass is 1810 g/mol. The van der Waals surface area contributed by atoms with E-state index in [-0.39, 0.29) is 143 Å². The lowest BCUT2D eigenvalue weighted by molar-refractivity contribution is -0.197. The molecule has 0 spiro atoms. The Balaban J connectivity index is 0.000000206. The molecule has 5 amide bonds. The van der Waals surface area contributed by atoms with Crippen LogP contribution in [0.5, 0.6) is 0 Å². The van der Waals surface area contributed by atoms with Crippen molar-refractivity contribution in [1.29, 1.82) is 0 Å². The molecule has 0 bridgehead atoms. The number of imide groups is 2. The maximum atomic E-state index is 13.6. The largest absolute Gasteiger partial charge is 0.481 e. The van der Waals surface area contributed by atoms with E-state index in [1.165, 1.54) is 43.4 Å². The Kier molecular flexibility index (Phi) is 37.7. The molecule has 6 aromatic heterocycles. The first kappa shape index (κ1) is 103. The van der Waals surface area contributed by atoms with Gasteiger partial charge in [-0.05, 0) is 238 Å². The summed E-state index contributed by atoms with van der Waals surface area (Å²) in [5, 5.41) is 36.1. The van der Waals surface area contributed by atoms with Gasteiger partial charge in [0, 0.05) is 195 Å². The summed E-state index contributed by atoms with van der Waals surface area (Å²) in [5.41, 5.74) is 13.6. The molecule has 3 atom stereocenters. The van der Waals surface area contributed by atoms with Crippen LogP contribution in [-0.2, 0) is 77.3 Å². The number of hydrogen-bond acceptors (Lipinski definition) is 25. The maximum Gasteiger partial charge on any atom is 0.333 e. The van der Waals surface area contributed by atoms with Crippen LogP contribution in [0.25, 0.3) is 32.9 Å². The van der Waals surface area contributed by atoms with Gasteiger partial charge in [0.2, 0.25) is 5.91 Å². The van der Waals surface area contributed by atoms with Gasteiger partial charge in [-0.15, -0.1) is 5.06 Å². The quantitative estimate of drug-likeness (QED) is 0.0305. The first-order valence-electron chi connectivity index (χ1n) is 44.6. The fraction of sp³-hybridized carbons (Fsp3) is 0.579. The number of benzene rings is 3. The SMILES string of the molecule is C.C.C.C.CN.CNC(=O)CCCC1CCCn2c1nc(C)c(CCN1CCC(c3noc4cc(F)ccc34)CC1)c2=O.Cc1nc2n(c(=O)c1CCN1CCC(c3noc4cc(F)ccc34)CC1)CCCC2CCCC(=O)O.Cc1nc2n(c(=O)c1CCN1CCC(c3noc4cc(F)ccc34)CC1)CCCC2CCCC(=O)ON1C(=O)CCC1=O.O=C1CCC(=O)N1O. The number of halogens is 3. The highest BCUT2D eigenvalue weighted by Crippen LogP contribution is 2.39. The molecule has 14 heterocycles. The van der Waals surface area contributed by atoms with Gasteiger partial charge in [-0.3, -0.25) is 62.1 Å². The van der Waals surface area contributed by atoms with Crippen molar-refractivity contribution < 1.29 is 75.5 Å². The van der Waals surface area contributed by atoms with E-state index in [1.54, 1.807) is 29.8 Å². The molecule has 3 unspecified atom stereocenters. The fourth-order valence-electron chi connectivity index (χ4n) is 19.1. The number of hydroxylamine groups is 4. The van der Waals surface area contributed by atoms with Crippen molar-refractivity contribution in [3.8, 4) is 0 Å². The molecule has 5 saturated heterocycles. The molecule has 5 N–H and O–H groups in total. The third-order valence-corrected chi connectivity index (χ3v) is 26.1. The van der Waals surface area contributed by atoms with Crippen LogP contribution < -0.4 is 27.7 Å². The van der Waals surface area contributed by atoms with Gasteiger partial charge in [-0.25, -0.2) is 32.9 Å². The van der Waals surface area contributed by atoms with Crippen molar-refractivity contribution in [3.63, 3.8) is 0 Å². The second-order valence-electron chi connectivity index (χ2n) is 34.1. The molecular weight excluding hydrogens is 1680 g/mol. The first-order valence-corrected chi connectivity index (χ1v) is 44.6. The number of rotatable bonds is 25. The standard InChI is InChI=1S/C31H36FN5O6.C28H36FN5O3.C27H33FN4O4.C4H5NO3.CH5N.4CH4/c1-19-23(13-17-35-15-11-20(12-16-35)29-24-8-7-22(32)18-25(24)42-34-29)31(41)36-14-3-5-21(30(36)33-19)4-2-6-28(40)43-37-26(38)9-10-27(37)39;1-18-22(28(36)34-13-4-6-20(27(34)31-18)5-3-7-25(35)30-2)12-16-33-14-10-19(11-15-33)26-23-9-8-21(29)17-24(23)37-32-26;1-17-21(27(35)32-12-3-5-19(26(32)29-17)4-2-6-24(33)34)11-15-31-13-9-18(10-14-31)25-22-8-7-20(28)16-23(22)36-30-25;6-3-1-2-4(7)5(3)8;1-2;;;;/h7-8,18,20-21H,2-6,9-17H2,1H3;8-9,17,19-20H,3-7,10-16H2,1-2H3,(H,30,35);7-8,16,18-19H,2-6,9-15H2,1H3,(H,33,34);8H,1-2H2;2H2,1H3;4*1H4. The minimum absolute atomic E-state index is 0. The van der Waals surface area contributed by atoms with E-state index in [1.807, 2.05) is 29.9 Å². The number of carbonyl (C=O) groups excluding carboxylic acids is 6. The number of nitrogens with one attached hydrogen (secondary N) is 1. The Morgan fingerprint density at radius 2 is 0.762 bits per heavy atom. The van der Waals surface area contributed by atoms with Crippen LogP contribution in [-0.4, -0.2) is 194 Å². The maximum absolute atomic E-state index is 13.6. The average Bonchev–Trinajstić information content (AvgIpc) is 1.49. The van der Waals surface area contributed by atoms with Gasteiger partial charge in [0.1, 0.15) is 34.9 Å². The normalized spacial score (nSPS) is 18.4. The molecule has 5 fully saturated rings. The fourth-order valence-corrected chi connectivity index (χ4v) is 19.1. The number of nitrogens with zero attached hydrogens (tertiary/aromatic N) is 14. The molecule has 0 radical (unpaired) electrons. The smallest absolute Gasteiger partial charge is 0.333 e. The summed E-state index contributed by atoms with van der Waals surface area (Å²) >= 11 is 0. The van der Waals surface area contributed by atoms with Crippen LogP contribution in [0.15, 0.2) is 82.6 Å². The van der Waals surface area contributed by atoms with Gasteiger partial charge in [0.05, 0.1) is 17.1 Å². The highest BCUT2D eigenvalue weighted by atomic mass is 19.1. The molecule has 0 saturated carbocycles. The van der Waals surface area contributed by atoms with Crippen molar-refractivity contribution in [2.24, 2.45) is 5.73 Å². The third kappa shape index (κ3) is 24.8. The van der Waals surface area contributed by atoms with Crippen LogP contribution in [0.2, 0.25) is 0 Å². The second-order valence-corrected chi connectivity index (χ2v) is 34.1. The average molecular weight is 1810 g/mol. The van der Waals surface area contributed by atoms with Crippen LogP contribution >= 0.6 is 0 Å². The topological polar surface area (TPSA) is 406 Å². The number of fused-ring (bicyclic) bond motifs is 6. The van der Waals surface area contributed by atoms with Crippen molar-refractivity contribution in [1.82, 2.24) is 74.3 Å². The van der Waals surface area contributed by atoms with E-state index < -0.39 is 35.6 Å². The number of carboxylic acids is 1. The number of likely N-dealkylation sites (tertiary alicyclic amines) is 3. The number of carbonyl (C=O) groups is 7. The molecular formula is C95H131F3N16O16. The number of aryl methyl sites for hydroxylation is 3. The van der Waals surface area contributed by atoms with E-state index in [9.17, 15) is 61.1 Å². The number of nitrogens with two attached hydrogens (primary N) is 1. The lowest BCUT2D eigenvalue weighted by Crippen LogP contribution is -2.37. The summed E-state index contributed by atoms with van der Waals surface area (Å²) in [6.07, 6.45) is 18.6. The van der Waals surface area contributed by atoms with Crippen molar-refractivity contribution >= 4 is 74.4 Å². The molecule has 3 aromatic carbocycles. The number of carboxylic acid groups (broad SMARTS) is 1. The molecule has 9 aromatic rings. The number of aliphatic carboxylic acids is 1. The second kappa shape index (κ2) is 47.7. The minimum atomic E-state index is -0.781. The molecule has 8 aliphatic heterocycles. The molecule has 17 rings (SSSR count). The Morgan fingerprint density at radius 3 is 1.06 bits per heavy atom. The highest BCUT2D eigenvalue weighted by Gasteiger charge is 2.36. The van der Waals surface area contributed by atoms with Gasteiger partial charge in [-0.1, -0.05) is 45.2 Å². The molecule has 8 aliphatic rings. The van der Waals surface area contributed by atoms with Gasteiger partial charge >= 0.3 is 11.9 Å². The predicted octanol–water partition coefficient (Wildman–Crippen LogP) is 14.0. The Bertz CT molecular complexity index is 5570. The molecule has 32 nitrogen and oxygen atoms in total. The predicted molar refractivity (Wildman–Crippen MR) is 484 cm³/mol. The first-order chi connectivity index (χ1) is 60.8. The van der Waals surface area contributed by atoms with E-state index >= 15 is 0 Å². The van der Waals surface area contributed by atoms with Crippen molar-refractivity contribution in [3.05, 3.63) is 171 Å². The molecule has 35 heteroatoms. The van der Waals surface area contributed by atoms with Gasteiger partial charge in [-0.2, -0.15) is 5.06 Å². The number of hydrogen-bond donors (Lipinski definition) is 4. The zero-order valence-corrected chi connectivity index (χ0v) is 72.5. The molecule has 0 aliphatic carbocycles. The van der Waals surface area contributed by atoms with Gasteiger partial charge in [0.25, 0.3) is 40.3 Å². The lowest BCUT2D eigenvalue weighted by Gasteiger charge is -2.31. The summed E-state index contributed by atoms with van der Waals surface area (Å²) in [6.45, 7) is 15.6. The Morgan fingerprint density at radius 1 is 0.454 bits per heavy atom. The van der Waals surface area contributed by atoms with Crippen LogP contribution in [0, 0.1) is 38.2 Å². The van der Waals surface area contributed by atoms with Gasteiger partial charge in [0.15, 0.2) is 16.7 Å².